The van der Waals surface area contributed by atoms with Gasteiger partial charge in [0.1, 0.15) is 0 Å². The highest BCUT2D eigenvalue weighted by Crippen LogP contribution is 2.47. The molecule has 15 rings (SSSR count). The van der Waals surface area contributed by atoms with Gasteiger partial charge in [0.15, 0.2) is 0 Å². The van der Waals surface area contributed by atoms with Gasteiger partial charge in [0.2, 0.25) is 0 Å². The summed E-state index contributed by atoms with van der Waals surface area (Å²) in [6.07, 6.45) is 0. The van der Waals surface area contributed by atoms with Crippen molar-refractivity contribution < 1.29 is 0 Å². The number of anilines is 6. The quantitative estimate of drug-likeness (QED) is 0.0995. The second-order valence-corrected chi connectivity index (χ2v) is 20.8. The number of rotatable bonds is 10. The minimum Gasteiger partial charge on any atom is -0.310 e. The first-order chi connectivity index (χ1) is 39.7. The SMILES string of the molecule is c1ccc(-c2cccc(N(c3cccc(-c4ccccc4)c3)c3ccc4c(c3)c3ccccc3c3cc5c6ccc(N(c7cccc(-c8ccccc8)c7)c7cccc(-c8ccccc8)c7)cc6c6ccccc6c5cc43)c2)cc1. The lowest BCUT2D eigenvalue weighted by molar-refractivity contribution is 1.29. The third kappa shape index (κ3) is 8.30. The van der Waals surface area contributed by atoms with Crippen LogP contribution in [0.15, 0.2) is 315 Å². The molecule has 2 heteroatoms. The lowest BCUT2D eigenvalue weighted by Crippen LogP contribution is -2.10. The van der Waals surface area contributed by atoms with Gasteiger partial charge in [-0.1, -0.05) is 231 Å². The van der Waals surface area contributed by atoms with Crippen molar-refractivity contribution in [3.8, 4) is 44.5 Å². The Hall–Kier alpha value is -10.5. The van der Waals surface area contributed by atoms with Crippen molar-refractivity contribution in [1.82, 2.24) is 0 Å². The van der Waals surface area contributed by atoms with Crippen LogP contribution in [0.3, 0.4) is 0 Å². The average molecular weight is 1020 g/mol. The molecule has 15 aromatic rings. The van der Waals surface area contributed by atoms with E-state index in [1.807, 2.05) is 0 Å². The van der Waals surface area contributed by atoms with Gasteiger partial charge in [-0.3, -0.25) is 0 Å². The molecule has 0 aliphatic carbocycles. The summed E-state index contributed by atoms with van der Waals surface area (Å²) in [7, 11) is 0. The molecule has 0 atom stereocenters. The smallest absolute Gasteiger partial charge is 0.0468 e. The predicted octanol–water partition coefficient (Wildman–Crippen LogP) is 22.2. The summed E-state index contributed by atoms with van der Waals surface area (Å²) in [4.78, 5) is 4.85. The molecule has 2 nitrogen and oxygen atoms in total. The highest BCUT2D eigenvalue weighted by atomic mass is 15.1. The number of nitrogens with zero attached hydrogens (tertiary/aromatic N) is 2. The maximum Gasteiger partial charge on any atom is 0.0468 e. The van der Waals surface area contributed by atoms with Crippen molar-refractivity contribution in [3.05, 3.63) is 315 Å². The molecule has 0 saturated carbocycles. The minimum atomic E-state index is 1.10. The Morgan fingerprint density at radius 1 is 0.125 bits per heavy atom. The van der Waals surface area contributed by atoms with Crippen LogP contribution in [0.25, 0.3) is 109 Å². The van der Waals surface area contributed by atoms with Crippen LogP contribution in [-0.4, -0.2) is 0 Å². The first kappa shape index (κ1) is 46.7. The molecule has 0 N–H and O–H groups in total. The normalized spacial score (nSPS) is 11.5. The molecule has 0 saturated heterocycles. The van der Waals surface area contributed by atoms with Crippen LogP contribution < -0.4 is 9.80 Å². The van der Waals surface area contributed by atoms with E-state index in [1.165, 1.54) is 109 Å². The predicted molar refractivity (Wildman–Crippen MR) is 343 cm³/mol. The lowest BCUT2D eigenvalue weighted by Gasteiger charge is -2.27. The van der Waals surface area contributed by atoms with Gasteiger partial charge in [-0.25, -0.2) is 0 Å². The van der Waals surface area contributed by atoms with Gasteiger partial charge in [-0.2, -0.15) is 0 Å². The molecular weight excluding hydrogens is 965 g/mol. The standard InChI is InChI=1S/C78H52N2/c1-5-21-53(22-6-1)57-29-17-33-61(45-57)79(62-34-18-30-58(46-62)54-23-7-2-8-24-54)65-41-43-71-73(49-65)67-37-13-15-39-69(67)75-52-78-72-44-42-66(50-74(72)68-38-14-16-40-70(68)76(78)51-77(71)75)80(63-35-19-31-59(47-63)55-25-9-3-10-26-55)64-36-20-32-60(48-64)56-27-11-4-12-28-56/h1-52H. The van der Waals surface area contributed by atoms with Crippen molar-refractivity contribution in [1.29, 1.82) is 0 Å². The molecule has 0 unspecified atom stereocenters. The average Bonchev–Trinajstić information content (AvgIpc) is 3.62. The van der Waals surface area contributed by atoms with Gasteiger partial charge in [0.25, 0.3) is 0 Å². The van der Waals surface area contributed by atoms with Crippen molar-refractivity contribution in [2.75, 3.05) is 9.80 Å². The Labute approximate surface area is 465 Å². The van der Waals surface area contributed by atoms with Crippen molar-refractivity contribution in [2.24, 2.45) is 0 Å². The number of fused-ring (bicyclic) bond motifs is 12. The zero-order valence-electron chi connectivity index (χ0n) is 43.9. The largest absolute Gasteiger partial charge is 0.310 e. The maximum absolute atomic E-state index is 2.48. The summed E-state index contributed by atoms with van der Waals surface area (Å²) in [6.45, 7) is 0. The van der Waals surface area contributed by atoms with Crippen LogP contribution in [0.1, 0.15) is 0 Å². The van der Waals surface area contributed by atoms with Crippen molar-refractivity contribution >= 4 is 98.8 Å². The van der Waals surface area contributed by atoms with E-state index in [0.29, 0.717) is 0 Å². The molecule has 0 bridgehead atoms. The van der Waals surface area contributed by atoms with E-state index in [0.717, 1.165) is 34.1 Å². The van der Waals surface area contributed by atoms with Gasteiger partial charge < -0.3 is 9.80 Å². The van der Waals surface area contributed by atoms with Crippen LogP contribution in [0.5, 0.6) is 0 Å². The molecular formula is C78H52N2. The van der Waals surface area contributed by atoms with Crippen LogP contribution in [0.4, 0.5) is 34.1 Å². The Morgan fingerprint density at radius 2 is 0.338 bits per heavy atom. The molecule has 0 radical (unpaired) electrons. The molecule has 0 fully saturated rings. The first-order valence-electron chi connectivity index (χ1n) is 27.6. The molecule has 15 aromatic carbocycles. The molecule has 0 heterocycles. The first-order valence-corrected chi connectivity index (χ1v) is 27.6. The molecule has 0 aliphatic rings. The number of benzene rings is 15. The zero-order chi connectivity index (χ0) is 52.9. The van der Waals surface area contributed by atoms with Gasteiger partial charge in [0.05, 0.1) is 0 Å². The van der Waals surface area contributed by atoms with Gasteiger partial charge in [-0.05, 0) is 194 Å². The summed E-state index contributed by atoms with van der Waals surface area (Å²) in [5, 5.41) is 14.8. The van der Waals surface area contributed by atoms with E-state index in [4.69, 9.17) is 0 Å². The Morgan fingerprint density at radius 3 is 0.613 bits per heavy atom. The van der Waals surface area contributed by atoms with E-state index >= 15 is 0 Å². The fourth-order valence-electron chi connectivity index (χ4n) is 12.4. The summed E-state index contributed by atoms with van der Waals surface area (Å²) >= 11 is 0. The van der Waals surface area contributed by atoms with Crippen molar-refractivity contribution in [3.63, 3.8) is 0 Å². The summed E-state index contributed by atoms with van der Waals surface area (Å²) in [6, 6.07) is 116. The van der Waals surface area contributed by atoms with Crippen LogP contribution in [-0.2, 0) is 0 Å². The molecule has 374 valence electrons. The second-order valence-electron chi connectivity index (χ2n) is 20.8. The maximum atomic E-state index is 2.48. The third-order valence-electron chi connectivity index (χ3n) is 16.1. The molecule has 80 heavy (non-hydrogen) atoms. The van der Waals surface area contributed by atoms with Crippen LogP contribution in [0.2, 0.25) is 0 Å². The van der Waals surface area contributed by atoms with E-state index in [1.54, 1.807) is 0 Å². The second kappa shape index (κ2) is 19.8. The van der Waals surface area contributed by atoms with Gasteiger partial charge >= 0.3 is 0 Å². The highest BCUT2D eigenvalue weighted by molar-refractivity contribution is 6.33. The highest BCUT2D eigenvalue weighted by Gasteiger charge is 2.21. The van der Waals surface area contributed by atoms with Crippen LogP contribution in [0, 0.1) is 0 Å². The lowest BCUT2D eigenvalue weighted by atomic mass is 9.88. The summed E-state index contributed by atoms with van der Waals surface area (Å²) in [5.74, 6) is 0. The number of hydrogen-bond donors (Lipinski definition) is 0. The molecule has 0 spiro atoms. The number of hydrogen-bond acceptors (Lipinski definition) is 2. The van der Waals surface area contributed by atoms with Gasteiger partial charge in [0, 0.05) is 34.1 Å². The van der Waals surface area contributed by atoms with E-state index < -0.39 is 0 Å². The Bertz CT molecular complexity index is 4340. The Balaban J connectivity index is 0.924. The monoisotopic (exact) mass is 1020 g/mol. The topological polar surface area (TPSA) is 6.48 Å². The molecule has 0 amide bonds. The zero-order valence-corrected chi connectivity index (χ0v) is 43.9. The fraction of sp³-hybridized carbons (Fsp3) is 0. The van der Waals surface area contributed by atoms with E-state index in [9.17, 15) is 0 Å². The van der Waals surface area contributed by atoms with E-state index in [2.05, 4.69) is 325 Å². The fourth-order valence-corrected chi connectivity index (χ4v) is 12.4. The van der Waals surface area contributed by atoms with E-state index in [-0.39, 0.29) is 0 Å². The van der Waals surface area contributed by atoms with Gasteiger partial charge in [-0.15, -0.1) is 0 Å². The summed E-state index contributed by atoms with van der Waals surface area (Å²) in [5.41, 5.74) is 16.0. The minimum absolute atomic E-state index is 1.10. The summed E-state index contributed by atoms with van der Waals surface area (Å²) < 4.78 is 0. The van der Waals surface area contributed by atoms with Crippen molar-refractivity contribution in [2.45, 2.75) is 0 Å². The Kier molecular flexibility index (Phi) is 11.6. The molecule has 0 aliphatic heterocycles. The third-order valence-corrected chi connectivity index (χ3v) is 16.1. The van der Waals surface area contributed by atoms with Crippen LogP contribution >= 0.6 is 0 Å². The molecule has 0 aromatic heterocycles.